The average Bonchev–Trinajstić information content (AvgIpc) is 2.41. The summed E-state index contributed by atoms with van der Waals surface area (Å²) in [5.41, 5.74) is 0. The van der Waals surface area contributed by atoms with Gasteiger partial charge in [-0.3, -0.25) is 9.78 Å². The third-order valence-electron chi connectivity index (χ3n) is 2.77. The van der Waals surface area contributed by atoms with Crippen LogP contribution in [0.25, 0.3) is 0 Å². The Bertz CT molecular complexity index is 752. The van der Waals surface area contributed by atoms with E-state index in [2.05, 4.69) is 63.7 Å². The standard InChI is InChI=1S/C12H4Br4O4S/c13-7-1-5-2-8(14)11(7)19-20-12-9(15)3-6(4-10(12)16)21(5,17)18/h1-4H. The van der Waals surface area contributed by atoms with Crippen LogP contribution in [0.2, 0.25) is 0 Å². The van der Waals surface area contributed by atoms with Gasteiger partial charge in [0.1, 0.15) is 0 Å². The lowest BCUT2D eigenvalue weighted by Gasteiger charge is -2.10. The predicted molar refractivity (Wildman–Crippen MR) is 90.4 cm³/mol. The van der Waals surface area contributed by atoms with Gasteiger partial charge in [0.05, 0.1) is 27.7 Å². The fourth-order valence-electron chi connectivity index (χ4n) is 1.76. The second-order valence-corrected chi connectivity index (χ2v) is 9.47. The van der Waals surface area contributed by atoms with Gasteiger partial charge in [-0.15, -0.1) is 0 Å². The molecule has 0 saturated heterocycles. The number of hydrogen-bond donors (Lipinski definition) is 0. The van der Waals surface area contributed by atoms with E-state index in [4.69, 9.17) is 9.78 Å². The van der Waals surface area contributed by atoms with Gasteiger partial charge < -0.3 is 0 Å². The molecule has 0 saturated carbocycles. The molecule has 4 nitrogen and oxygen atoms in total. The first-order valence-corrected chi connectivity index (χ1v) is 10.0. The van der Waals surface area contributed by atoms with E-state index in [9.17, 15) is 8.42 Å². The molecule has 21 heavy (non-hydrogen) atoms. The van der Waals surface area contributed by atoms with Crippen LogP contribution >= 0.6 is 63.7 Å². The smallest absolute Gasteiger partial charge is 0.206 e. The molecule has 4 aliphatic rings. The van der Waals surface area contributed by atoms with Gasteiger partial charge in [-0.1, -0.05) is 0 Å². The fraction of sp³-hybridized carbons (Fsp3) is 0. The number of benzene rings is 2. The molecule has 4 bridgehead atoms. The number of sulfone groups is 1. The molecule has 0 N–H and O–H groups in total. The van der Waals surface area contributed by atoms with Crippen LogP contribution in [0.5, 0.6) is 11.5 Å². The van der Waals surface area contributed by atoms with E-state index in [0.717, 1.165) is 0 Å². The lowest BCUT2D eigenvalue weighted by atomic mass is 10.3. The fourth-order valence-corrected chi connectivity index (χ4v) is 6.37. The minimum absolute atomic E-state index is 0.141. The summed E-state index contributed by atoms with van der Waals surface area (Å²) in [7, 11) is -3.67. The highest BCUT2D eigenvalue weighted by Crippen LogP contribution is 2.43. The van der Waals surface area contributed by atoms with Crippen molar-refractivity contribution >= 4 is 73.6 Å². The van der Waals surface area contributed by atoms with Crippen LogP contribution in [0.15, 0.2) is 51.9 Å². The van der Waals surface area contributed by atoms with E-state index in [1.54, 1.807) is 0 Å². The zero-order valence-electron chi connectivity index (χ0n) is 9.86. The summed E-state index contributed by atoms with van der Waals surface area (Å²) in [6, 6.07) is 5.88. The Balaban J connectivity index is 2.42. The van der Waals surface area contributed by atoms with E-state index in [0.29, 0.717) is 29.4 Å². The summed E-state index contributed by atoms with van der Waals surface area (Å²) >= 11 is 13.1. The van der Waals surface area contributed by atoms with E-state index in [1.807, 2.05) is 0 Å². The summed E-state index contributed by atoms with van der Waals surface area (Å²) in [4.78, 5) is 10.9. The Hall–Kier alpha value is -0.0900. The Kier molecular flexibility index (Phi) is 4.15. The predicted octanol–water partition coefficient (Wildman–Crippen LogP) is 5.26. The molecule has 4 heterocycles. The molecule has 0 fully saturated rings. The lowest BCUT2D eigenvalue weighted by Crippen LogP contribution is -2.02. The second-order valence-electron chi connectivity index (χ2n) is 4.10. The first kappa shape index (κ1) is 15.8. The van der Waals surface area contributed by atoms with Crippen LogP contribution in [-0.4, -0.2) is 8.42 Å². The molecule has 0 aromatic heterocycles. The largest absolute Gasteiger partial charge is 0.287 e. The molecule has 0 unspecified atom stereocenters. The molecular weight excluding hydrogens is 560 g/mol. The summed E-state index contributed by atoms with van der Waals surface area (Å²) in [6.45, 7) is 0. The van der Waals surface area contributed by atoms with Crippen molar-refractivity contribution < 1.29 is 18.2 Å². The third kappa shape index (κ3) is 2.67. The molecule has 0 radical (unpaired) electrons. The molecule has 2 aromatic rings. The first-order valence-electron chi connectivity index (χ1n) is 5.38. The highest BCUT2D eigenvalue weighted by Gasteiger charge is 2.26. The van der Waals surface area contributed by atoms with Crippen molar-refractivity contribution in [1.29, 1.82) is 0 Å². The highest BCUT2D eigenvalue weighted by molar-refractivity contribution is 9.11. The van der Waals surface area contributed by atoms with E-state index < -0.39 is 9.84 Å². The lowest BCUT2D eigenvalue weighted by molar-refractivity contribution is -0.103. The van der Waals surface area contributed by atoms with Gasteiger partial charge in [0, 0.05) is 0 Å². The van der Waals surface area contributed by atoms with Crippen molar-refractivity contribution in [2.45, 2.75) is 9.79 Å². The number of hydrogen-bond acceptors (Lipinski definition) is 4. The topological polar surface area (TPSA) is 52.6 Å². The van der Waals surface area contributed by atoms with E-state index in [1.165, 1.54) is 24.3 Å². The molecule has 4 aliphatic heterocycles. The van der Waals surface area contributed by atoms with Crippen molar-refractivity contribution in [1.82, 2.24) is 0 Å². The van der Waals surface area contributed by atoms with Crippen molar-refractivity contribution in [3.8, 4) is 11.5 Å². The van der Waals surface area contributed by atoms with Gasteiger partial charge in [-0.25, -0.2) is 8.42 Å². The molecule has 2 aromatic carbocycles. The maximum atomic E-state index is 12.7. The minimum Gasteiger partial charge on any atom is -0.287 e. The summed E-state index contributed by atoms with van der Waals surface area (Å²) in [5.74, 6) is 0.690. The van der Waals surface area contributed by atoms with Crippen LogP contribution in [0.4, 0.5) is 0 Å². The van der Waals surface area contributed by atoms with Gasteiger partial charge in [0.2, 0.25) is 21.3 Å². The van der Waals surface area contributed by atoms with Crippen LogP contribution in [0.3, 0.4) is 0 Å². The SMILES string of the molecule is O=S1(=O)c2cc(Br)c(c(Br)c2)OOc2c(Br)cc1cc2Br. The first-order chi connectivity index (χ1) is 9.80. The number of rotatable bonds is 0. The highest BCUT2D eigenvalue weighted by atomic mass is 79.9. The number of halogens is 4. The zero-order valence-corrected chi connectivity index (χ0v) is 17.0. The van der Waals surface area contributed by atoms with Crippen LogP contribution < -0.4 is 9.78 Å². The van der Waals surface area contributed by atoms with E-state index >= 15 is 0 Å². The normalized spacial score (nSPS) is 15.2. The average molecular weight is 564 g/mol. The van der Waals surface area contributed by atoms with E-state index in [-0.39, 0.29) is 9.79 Å². The van der Waals surface area contributed by atoms with Gasteiger partial charge in [-0.2, -0.15) is 0 Å². The summed E-state index contributed by atoms with van der Waals surface area (Å²) in [6.07, 6.45) is 0. The zero-order chi connectivity index (χ0) is 15.4. The molecule has 0 amide bonds. The summed E-state index contributed by atoms with van der Waals surface area (Å²) < 4.78 is 27.3. The van der Waals surface area contributed by atoms with Crippen molar-refractivity contribution in [2.24, 2.45) is 0 Å². The van der Waals surface area contributed by atoms with Crippen LogP contribution in [-0.2, 0) is 9.84 Å². The quantitative estimate of drug-likeness (QED) is 0.411. The van der Waals surface area contributed by atoms with Gasteiger partial charge in [0.25, 0.3) is 0 Å². The van der Waals surface area contributed by atoms with Crippen molar-refractivity contribution in [3.63, 3.8) is 0 Å². The molecular formula is C12H4Br4O4S. The molecule has 0 atom stereocenters. The van der Waals surface area contributed by atoms with Crippen molar-refractivity contribution in [3.05, 3.63) is 42.2 Å². The maximum Gasteiger partial charge on any atom is 0.206 e. The van der Waals surface area contributed by atoms with Crippen LogP contribution in [0.1, 0.15) is 0 Å². The maximum absolute atomic E-state index is 12.7. The molecule has 9 heteroatoms. The summed E-state index contributed by atoms with van der Waals surface area (Å²) in [5, 5.41) is 0. The molecule has 110 valence electrons. The minimum atomic E-state index is -3.67. The third-order valence-corrected chi connectivity index (χ3v) is 6.84. The van der Waals surface area contributed by atoms with Gasteiger partial charge in [-0.05, 0) is 88.0 Å². The molecule has 0 aliphatic carbocycles. The van der Waals surface area contributed by atoms with Gasteiger partial charge in [0.15, 0.2) is 0 Å². The van der Waals surface area contributed by atoms with Crippen LogP contribution in [0, 0.1) is 0 Å². The Morgan fingerprint density at radius 1 is 0.667 bits per heavy atom. The Labute approximate surface area is 154 Å². The molecule has 0 spiro atoms. The van der Waals surface area contributed by atoms with Crippen molar-refractivity contribution in [2.75, 3.05) is 0 Å². The molecule has 6 rings (SSSR count). The monoisotopic (exact) mass is 560 g/mol. The Morgan fingerprint density at radius 2 is 0.952 bits per heavy atom. The second kappa shape index (κ2) is 5.52. The Morgan fingerprint density at radius 3 is 1.24 bits per heavy atom. The van der Waals surface area contributed by atoms with Gasteiger partial charge >= 0.3 is 0 Å².